The minimum absolute atomic E-state index is 0.0884. The highest BCUT2D eigenvalue weighted by molar-refractivity contribution is 6.31. The molecule has 1 aromatic carbocycles. The van der Waals surface area contributed by atoms with E-state index in [1.165, 1.54) is 19.2 Å². The van der Waals surface area contributed by atoms with Gasteiger partial charge in [0.05, 0.1) is 0 Å². The highest BCUT2D eigenvalue weighted by Gasteiger charge is 2.16. The fraction of sp³-hybridized carbons (Fsp3) is 0.200. The quantitative estimate of drug-likeness (QED) is 0.922. The van der Waals surface area contributed by atoms with Gasteiger partial charge in [-0.3, -0.25) is 9.36 Å². The third-order valence-corrected chi connectivity index (χ3v) is 3.42. The highest BCUT2D eigenvalue weighted by atomic mass is 35.5. The lowest BCUT2D eigenvalue weighted by Crippen LogP contribution is -2.28. The summed E-state index contributed by atoms with van der Waals surface area (Å²) in [6.07, 6.45) is 1.42. The molecule has 1 N–H and O–H groups in total. The van der Waals surface area contributed by atoms with Gasteiger partial charge in [-0.25, -0.2) is 4.79 Å². The molecule has 0 spiro atoms. The Morgan fingerprint density at radius 2 is 2.05 bits per heavy atom. The highest BCUT2D eigenvalue weighted by Crippen LogP contribution is 2.17. The van der Waals surface area contributed by atoms with Gasteiger partial charge in [-0.2, -0.15) is 0 Å². The Hall–Kier alpha value is -2.27. The summed E-state index contributed by atoms with van der Waals surface area (Å²) in [5.74, 6) is -0.995. The minimum atomic E-state index is -1.08. The second-order valence-electron chi connectivity index (χ2n) is 4.48. The summed E-state index contributed by atoms with van der Waals surface area (Å²) in [5, 5.41) is 9.53. The van der Waals surface area contributed by atoms with Crippen molar-refractivity contribution in [1.29, 1.82) is 0 Å². The van der Waals surface area contributed by atoms with E-state index in [1.807, 2.05) is 6.07 Å². The summed E-state index contributed by atoms with van der Waals surface area (Å²) in [4.78, 5) is 23.1. The Morgan fingerprint density at radius 1 is 1.33 bits per heavy atom. The molecule has 1 heterocycles. The van der Waals surface area contributed by atoms with Crippen LogP contribution in [0.25, 0.3) is 0 Å². The summed E-state index contributed by atoms with van der Waals surface area (Å²) >= 11 is 6.01. The second-order valence-corrected chi connectivity index (χ2v) is 4.89. The molecule has 0 bridgehead atoms. The summed E-state index contributed by atoms with van der Waals surface area (Å²) in [6, 6.07) is 9.27. The Balaban J connectivity index is 2.22. The molecular formula is C15H14ClNO4. The molecule has 0 saturated heterocycles. The number of carboxylic acids is 1. The number of carboxylic acid groups (broad SMARTS) is 1. The van der Waals surface area contributed by atoms with Crippen LogP contribution >= 0.6 is 11.6 Å². The van der Waals surface area contributed by atoms with Gasteiger partial charge in [0, 0.05) is 16.8 Å². The van der Waals surface area contributed by atoms with Gasteiger partial charge in [0.15, 0.2) is 5.75 Å². The van der Waals surface area contributed by atoms with Gasteiger partial charge in [0.2, 0.25) is 0 Å². The fourth-order valence-electron chi connectivity index (χ4n) is 1.79. The number of rotatable bonds is 5. The number of ether oxygens (including phenoxy) is 1. The monoisotopic (exact) mass is 307 g/mol. The third kappa shape index (κ3) is 3.44. The average molecular weight is 308 g/mol. The lowest BCUT2D eigenvalue weighted by atomic mass is 10.2. The molecule has 1 unspecified atom stereocenters. The van der Waals surface area contributed by atoms with Crippen LogP contribution < -0.4 is 10.3 Å². The van der Waals surface area contributed by atoms with E-state index in [1.54, 1.807) is 24.3 Å². The summed E-state index contributed by atoms with van der Waals surface area (Å²) in [5.41, 5.74) is 0.264. The molecule has 21 heavy (non-hydrogen) atoms. The number of pyridine rings is 1. The summed E-state index contributed by atoms with van der Waals surface area (Å²) in [7, 11) is 0. The van der Waals surface area contributed by atoms with Crippen LogP contribution in [-0.2, 0) is 11.4 Å². The number of carbonyl (C=O) groups is 1. The van der Waals surface area contributed by atoms with Gasteiger partial charge < -0.3 is 9.84 Å². The number of halogens is 1. The van der Waals surface area contributed by atoms with Gasteiger partial charge >= 0.3 is 5.97 Å². The van der Waals surface area contributed by atoms with E-state index in [0.717, 1.165) is 10.1 Å². The lowest BCUT2D eigenvalue weighted by Gasteiger charge is -2.13. The van der Waals surface area contributed by atoms with Crippen LogP contribution in [0.15, 0.2) is 47.4 Å². The third-order valence-electron chi connectivity index (χ3n) is 3.06. The van der Waals surface area contributed by atoms with E-state index in [2.05, 4.69) is 0 Å². The summed E-state index contributed by atoms with van der Waals surface area (Å²) in [6.45, 7) is 1.57. The van der Waals surface area contributed by atoms with Crippen molar-refractivity contribution in [3.05, 3.63) is 63.5 Å². The van der Waals surface area contributed by atoms with E-state index < -0.39 is 17.6 Å². The summed E-state index contributed by atoms with van der Waals surface area (Å²) < 4.78 is 6.58. The molecule has 0 aliphatic heterocycles. The molecule has 0 radical (unpaired) electrons. The smallest absolute Gasteiger partial charge is 0.326 e. The van der Waals surface area contributed by atoms with Gasteiger partial charge in [-0.05, 0) is 25.1 Å². The number of hydrogen-bond donors (Lipinski definition) is 1. The van der Waals surface area contributed by atoms with E-state index >= 15 is 0 Å². The van der Waals surface area contributed by atoms with Crippen molar-refractivity contribution in [3.63, 3.8) is 0 Å². The van der Waals surface area contributed by atoms with Crippen molar-refractivity contribution in [2.45, 2.75) is 19.6 Å². The van der Waals surface area contributed by atoms with Crippen LogP contribution in [0, 0.1) is 0 Å². The standard InChI is InChI=1S/C15H14ClNO4/c1-10(15(19)20)17-8-4-7-13(14(17)18)21-9-11-5-2-3-6-12(11)16/h2-8,10H,9H2,1H3,(H,19,20). The SMILES string of the molecule is CC(C(=O)O)n1cccc(OCc2ccccc2Cl)c1=O. The molecule has 1 atom stereocenters. The van der Waals surface area contributed by atoms with Crippen molar-refractivity contribution in [2.75, 3.05) is 0 Å². The Labute approximate surface area is 126 Å². The number of aromatic nitrogens is 1. The molecule has 0 saturated carbocycles. The Kier molecular flexibility index (Phi) is 4.65. The Bertz CT molecular complexity index is 711. The van der Waals surface area contributed by atoms with Crippen molar-refractivity contribution >= 4 is 17.6 Å². The zero-order valence-electron chi connectivity index (χ0n) is 11.3. The predicted molar refractivity (Wildman–Crippen MR) is 78.8 cm³/mol. The van der Waals surface area contributed by atoms with Crippen LogP contribution in [0.4, 0.5) is 0 Å². The molecule has 0 fully saturated rings. The van der Waals surface area contributed by atoms with Crippen molar-refractivity contribution in [3.8, 4) is 5.75 Å². The first-order valence-electron chi connectivity index (χ1n) is 6.31. The van der Waals surface area contributed by atoms with Gasteiger partial charge in [-0.15, -0.1) is 0 Å². The van der Waals surface area contributed by atoms with Crippen molar-refractivity contribution in [1.82, 2.24) is 4.57 Å². The zero-order chi connectivity index (χ0) is 15.4. The second kappa shape index (κ2) is 6.45. The number of nitrogens with zero attached hydrogens (tertiary/aromatic N) is 1. The first-order valence-corrected chi connectivity index (χ1v) is 6.68. The maximum Gasteiger partial charge on any atom is 0.326 e. The molecule has 5 nitrogen and oxygen atoms in total. The van der Waals surface area contributed by atoms with Gasteiger partial charge in [0.25, 0.3) is 5.56 Å². The van der Waals surface area contributed by atoms with Crippen LogP contribution in [0.2, 0.25) is 5.02 Å². The molecule has 0 amide bonds. The van der Waals surface area contributed by atoms with Gasteiger partial charge in [-0.1, -0.05) is 29.8 Å². The van der Waals surface area contributed by atoms with Crippen LogP contribution in [0.3, 0.4) is 0 Å². The first-order chi connectivity index (χ1) is 10.0. The zero-order valence-corrected chi connectivity index (χ0v) is 12.1. The molecule has 2 rings (SSSR count). The molecular weight excluding hydrogens is 294 g/mol. The molecule has 2 aromatic rings. The largest absolute Gasteiger partial charge is 0.483 e. The minimum Gasteiger partial charge on any atom is -0.483 e. The maximum absolute atomic E-state index is 12.2. The normalized spacial score (nSPS) is 11.9. The number of benzene rings is 1. The topological polar surface area (TPSA) is 68.5 Å². The van der Waals surface area contributed by atoms with E-state index in [0.29, 0.717) is 5.02 Å². The van der Waals surface area contributed by atoms with E-state index in [-0.39, 0.29) is 12.4 Å². The van der Waals surface area contributed by atoms with Crippen LogP contribution in [-0.4, -0.2) is 15.6 Å². The van der Waals surface area contributed by atoms with Gasteiger partial charge in [0.1, 0.15) is 12.6 Å². The van der Waals surface area contributed by atoms with Crippen LogP contribution in [0.1, 0.15) is 18.5 Å². The van der Waals surface area contributed by atoms with Crippen molar-refractivity contribution in [2.24, 2.45) is 0 Å². The fourth-order valence-corrected chi connectivity index (χ4v) is 1.98. The van der Waals surface area contributed by atoms with E-state index in [9.17, 15) is 9.59 Å². The molecule has 6 heteroatoms. The predicted octanol–water partition coefficient (Wildman–Crippen LogP) is 2.73. The molecule has 0 aliphatic rings. The molecule has 110 valence electrons. The van der Waals surface area contributed by atoms with Crippen molar-refractivity contribution < 1.29 is 14.6 Å². The Morgan fingerprint density at radius 3 is 2.71 bits per heavy atom. The maximum atomic E-state index is 12.2. The first kappa shape index (κ1) is 15.1. The average Bonchev–Trinajstić information content (AvgIpc) is 2.47. The van der Waals surface area contributed by atoms with E-state index in [4.69, 9.17) is 21.4 Å². The molecule has 1 aromatic heterocycles. The number of hydrogen-bond acceptors (Lipinski definition) is 3. The lowest BCUT2D eigenvalue weighted by molar-refractivity contribution is -0.140. The van der Waals surface area contributed by atoms with Crippen LogP contribution in [0.5, 0.6) is 5.75 Å². The molecule has 0 aliphatic carbocycles. The number of aliphatic carboxylic acids is 1.